The first-order chi connectivity index (χ1) is 8.58. The lowest BCUT2D eigenvalue weighted by Gasteiger charge is -2.16. The number of rotatable bonds is 3. The topological polar surface area (TPSA) is 33.2 Å². The number of nitrogens with zero attached hydrogens (tertiary/aromatic N) is 2. The number of pyridine rings is 1. The summed E-state index contributed by atoms with van der Waals surface area (Å²) in [6.45, 7) is 0.501. The van der Waals surface area contributed by atoms with Gasteiger partial charge in [0.05, 0.1) is 21.5 Å². The van der Waals surface area contributed by atoms with E-state index in [-0.39, 0.29) is 5.91 Å². The molecule has 2 heterocycles. The van der Waals surface area contributed by atoms with E-state index in [0.29, 0.717) is 21.5 Å². The predicted molar refractivity (Wildman–Crippen MR) is 74.4 cm³/mol. The summed E-state index contributed by atoms with van der Waals surface area (Å²) < 4.78 is 0.713. The van der Waals surface area contributed by atoms with Gasteiger partial charge >= 0.3 is 0 Å². The molecular formula is C12H10Cl2N2OS. The second-order valence-corrected chi connectivity index (χ2v) is 5.93. The number of thiophene rings is 1. The van der Waals surface area contributed by atoms with Crippen molar-refractivity contribution in [1.29, 1.82) is 0 Å². The van der Waals surface area contributed by atoms with E-state index < -0.39 is 0 Å². The summed E-state index contributed by atoms with van der Waals surface area (Å²) in [5.74, 6) is -0.155. The van der Waals surface area contributed by atoms with Crippen molar-refractivity contribution in [1.82, 2.24) is 9.88 Å². The zero-order chi connectivity index (χ0) is 13.1. The fraction of sp³-hybridized carbons (Fsp3) is 0.167. The molecule has 2 aromatic rings. The van der Waals surface area contributed by atoms with E-state index in [1.54, 1.807) is 24.2 Å². The van der Waals surface area contributed by atoms with Gasteiger partial charge in [-0.2, -0.15) is 0 Å². The van der Waals surface area contributed by atoms with Crippen molar-refractivity contribution in [3.05, 3.63) is 50.4 Å². The van der Waals surface area contributed by atoms with Gasteiger partial charge in [0.2, 0.25) is 0 Å². The SMILES string of the molecule is CN(Cc1ccc(Cl)s1)C(=O)c1cnccc1Cl. The van der Waals surface area contributed by atoms with Crippen LogP contribution in [0.4, 0.5) is 0 Å². The van der Waals surface area contributed by atoms with Crippen LogP contribution in [0.3, 0.4) is 0 Å². The smallest absolute Gasteiger partial charge is 0.257 e. The third-order valence-corrected chi connectivity index (χ3v) is 3.91. The Hall–Kier alpha value is -1.10. The molecule has 0 bridgehead atoms. The van der Waals surface area contributed by atoms with E-state index in [1.807, 2.05) is 12.1 Å². The Kier molecular flexibility index (Phi) is 4.22. The van der Waals surface area contributed by atoms with E-state index >= 15 is 0 Å². The monoisotopic (exact) mass is 300 g/mol. The normalized spacial score (nSPS) is 10.4. The Balaban J connectivity index is 2.12. The highest BCUT2D eigenvalue weighted by atomic mass is 35.5. The first-order valence-electron chi connectivity index (χ1n) is 5.17. The van der Waals surface area contributed by atoms with Crippen molar-refractivity contribution in [3.63, 3.8) is 0 Å². The number of halogens is 2. The van der Waals surface area contributed by atoms with Gasteiger partial charge in [0.1, 0.15) is 0 Å². The highest BCUT2D eigenvalue weighted by Gasteiger charge is 2.15. The standard InChI is InChI=1S/C12H10Cl2N2OS/c1-16(7-8-2-3-11(14)18-8)12(17)9-6-15-5-4-10(9)13/h2-6H,7H2,1H3. The summed E-state index contributed by atoms with van der Waals surface area (Å²) in [6, 6.07) is 5.32. The van der Waals surface area contributed by atoms with Crippen LogP contribution in [0.1, 0.15) is 15.2 Å². The lowest BCUT2D eigenvalue weighted by Crippen LogP contribution is -2.26. The van der Waals surface area contributed by atoms with E-state index in [1.165, 1.54) is 17.5 Å². The second kappa shape index (κ2) is 5.69. The summed E-state index contributed by atoms with van der Waals surface area (Å²) >= 11 is 13.3. The van der Waals surface area contributed by atoms with Crippen molar-refractivity contribution in [2.24, 2.45) is 0 Å². The maximum atomic E-state index is 12.1. The van der Waals surface area contributed by atoms with Crippen LogP contribution in [0, 0.1) is 0 Å². The van der Waals surface area contributed by atoms with E-state index in [0.717, 1.165) is 4.88 Å². The van der Waals surface area contributed by atoms with Gasteiger partial charge in [-0.1, -0.05) is 23.2 Å². The Morgan fingerprint density at radius 1 is 1.39 bits per heavy atom. The van der Waals surface area contributed by atoms with Gasteiger partial charge in [0.15, 0.2) is 0 Å². The first-order valence-corrected chi connectivity index (χ1v) is 6.74. The fourth-order valence-corrected chi connectivity index (χ4v) is 2.81. The molecule has 1 amide bonds. The molecule has 0 unspecified atom stereocenters. The van der Waals surface area contributed by atoms with Gasteiger partial charge in [-0.25, -0.2) is 0 Å². The molecule has 18 heavy (non-hydrogen) atoms. The van der Waals surface area contributed by atoms with Crippen molar-refractivity contribution in [2.45, 2.75) is 6.54 Å². The molecule has 0 N–H and O–H groups in total. The molecule has 0 spiro atoms. The number of amides is 1. The third-order valence-electron chi connectivity index (χ3n) is 2.37. The summed E-state index contributed by atoms with van der Waals surface area (Å²) in [5.41, 5.74) is 0.407. The van der Waals surface area contributed by atoms with Gasteiger partial charge < -0.3 is 4.90 Å². The molecule has 0 aliphatic carbocycles. The van der Waals surface area contributed by atoms with Crippen molar-refractivity contribution in [2.75, 3.05) is 7.05 Å². The predicted octanol–water partition coefficient (Wildman–Crippen LogP) is 3.72. The molecule has 6 heteroatoms. The number of hydrogen-bond acceptors (Lipinski definition) is 3. The average Bonchev–Trinajstić information content (AvgIpc) is 2.74. The van der Waals surface area contributed by atoms with Crippen LogP contribution in [0.25, 0.3) is 0 Å². The molecule has 2 aromatic heterocycles. The van der Waals surface area contributed by atoms with Gasteiger partial charge in [-0.15, -0.1) is 11.3 Å². The lowest BCUT2D eigenvalue weighted by atomic mass is 10.2. The van der Waals surface area contributed by atoms with E-state index in [4.69, 9.17) is 23.2 Å². The molecule has 0 aliphatic heterocycles. The molecule has 0 fully saturated rings. The molecule has 0 saturated heterocycles. The van der Waals surface area contributed by atoms with Crippen molar-refractivity contribution >= 4 is 40.4 Å². The summed E-state index contributed by atoms with van der Waals surface area (Å²) in [6.07, 6.45) is 3.03. The van der Waals surface area contributed by atoms with Crippen molar-refractivity contribution < 1.29 is 4.79 Å². The maximum absolute atomic E-state index is 12.1. The van der Waals surface area contributed by atoms with Crippen LogP contribution >= 0.6 is 34.5 Å². The Morgan fingerprint density at radius 2 is 2.17 bits per heavy atom. The maximum Gasteiger partial charge on any atom is 0.257 e. The fourth-order valence-electron chi connectivity index (χ4n) is 1.48. The summed E-state index contributed by atoms with van der Waals surface area (Å²) in [4.78, 5) is 18.7. The first kappa shape index (κ1) is 13.3. The second-order valence-electron chi connectivity index (χ2n) is 3.72. The van der Waals surface area contributed by atoms with E-state index in [9.17, 15) is 4.79 Å². The number of aromatic nitrogens is 1. The zero-order valence-corrected chi connectivity index (χ0v) is 11.9. The Labute approximate surface area is 119 Å². The highest BCUT2D eigenvalue weighted by molar-refractivity contribution is 7.16. The molecule has 0 atom stereocenters. The van der Waals surface area contributed by atoms with Crippen LogP contribution in [0.15, 0.2) is 30.6 Å². The van der Waals surface area contributed by atoms with Crippen LogP contribution in [0.5, 0.6) is 0 Å². The summed E-state index contributed by atoms with van der Waals surface area (Å²) in [5, 5.41) is 0.408. The minimum absolute atomic E-state index is 0.155. The van der Waals surface area contributed by atoms with Crippen LogP contribution < -0.4 is 0 Å². The quantitative estimate of drug-likeness (QED) is 0.865. The number of hydrogen-bond donors (Lipinski definition) is 0. The zero-order valence-electron chi connectivity index (χ0n) is 9.56. The largest absolute Gasteiger partial charge is 0.336 e. The molecule has 94 valence electrons. The van der Waals surface area contributed by atoms with Crippen LogP contribution in [-0.2, 0) is 6.54 Å². The average molecular weight is 301 g/mol. The molecule has 0 saturated carbocycles. The Bertz CT molecular complexity index is 571. The summed E-state index contributed by atoms with van der Waals surface area (Å²) in [7, 11) is 1.72. The van der Waals surface area contributed by atoms with E-state index in [2.05, 4.69) is 4.98 Å². The number of carbonyl (C=O) groups is 1. The Morgan fingerprint density at radius 3 is 2.78 bits per heavy atom. The van der Waals surface area contributed by atoms with Crippen LogP contribution in [0.2, 0.25) is 9.36 Å². The molecule has 2 rings (SSSR count). The third kappa shape index (κ3) is 3.02. The minimum atomic E-state index is -0.155. The number of carbonyl (C=O) groups excluding carboxylic acids is 1. The van der Waals surface area contributed by atoms with Gasteiger partial charge in [-0.3, -0.25) is 9.78 Å². The molecule has 3 nitrogen and oxygen atoms in total. The van der Waals surface area contributed by atoms with Gasteiger partial charge in [0, 0.05) is 24.3 Å². The highest BCUT2D eigenvalue weighted by Crippen LogP contribution is 2.23. The van der Waals surface area contributed by atoms with Gasteiger partial charge in [-0.05, 0) is 18.2 Å². The lowest BCUT2D eigenvalue weighted by molar-refractivity contribution is 0.0786. The van der Waals surface area contributed by atoms with Gasteiger partial charge in [0.25, 0.3) is 5.91 Å². The van der Waals surface area contributed by atoms with Crippen molar-refractivity contribution in [3.8, 4) is 0 Å². The molecule has 0 radical (unpaired) electrons. The molecular weight excluding hydrogens is 291 g/mol. The molecule has 0 aromatic carbocycles. The minimum Gasteiger partial charge on any atom is -0.336 e. The van der Waals surface area contributed by atoms with Crippen LogP contribution in [-0.4, -0.2) is 22.8 Å². The molecule has 0 aliphatic rings.